The fraction of sp³-hybridized carbons (Fsp3) is 0.562. The molecule has 0 unspecified atom stereocenters. The minimum absolute atomic E-state index is 0.0807. The van der Waals surface area contributed by atoms with E-state index < -0.39 is 0 Å². The predicted molar refractivity (Wildman–Crippen MR) is 80.4 cm³/mol. The molecule has 110 valence electrons. The number of hydrogen-bond donors (Lipinski definition) is 2. The van der Waals surface area contributed by atoms with Crippen molar-refractivity contribution < 1.29 is 4.39 Å². The first-order valence-corrected chi connectivity index (χ1v) is 7.40. The Morgan fingerprint density at radius 3 is 2.50 bits per heavy atom. The topological polar surface area (TPSA) is 53.1 Å². The molecule has 1 aliphatic rings. The summed E-state index contributed by atoms with van der Waals surface area (Å²) in [4.78, 5) is 2.31. The maximum Gasteiger partial charge on any atom is 0.124 e. The van der Waals surface area contributed by atoms with Gasteiger partial charge in [-0.2, -0.15) is 0 Å². The molecule has 0 spiro atoms. The number of nitrogens with zero attached hydrogens (tertiary/aromatic N) is 1. The van der Waals surface area contributed by atoms with Crippen LogP contribution in [0.5, 0.6) is 0 Å². The van der Waals surface area contributed by atoms with Gasteiger partial charge in [0.15, 0.2) is 0 Å². The average molecular weight is 277 g/mol. The lowest BCUT2D eigenvalue weighted by Crippen LogP contribution is -2.30. The highest BCUT2D eigenvalue weighted by molar-refractivity contribution is 5.95. The molecule has 0 saturated heterocycles. The lowest BCUT2D eigenvalue weighted by Gasteiger charge is -2.27. The Hall–Kier alpha value is -1.42. The monoisotopic (exact) mass is 277 g/mol. The van der Waals surface area contributed by atoms with E-state index in [-0.39, 0.29) is 11.7 Å². The van der Waals surface area contributed by atoms with E-state index in [1.165, 1.54) is 44.6 Å². The van der Waals surface area contributed by atoms with Crippen LogP contribution in [0.3, 0.4) is 0 Å². The number of hydrogen-bond acceptors (Lipinski definition) is 2. The van der Waals surface area contributed by atoms with Crippen molar-refractivity contribution in [2.45, 2.75) is 51.1 Å². The molecule has 20 heavy (non-hydrogen) atoms. The average Bonchev–Trinajstić information content (AvgIpc) is 2.66. The summed E-state index contributed by atoms with van der Waals surface area (Å²) < 4.78 is 13.6. The summed E-state index contributed by atoms with van der Waals surface area (Å²) in [6, 6.07) is 5.26. The Balaban J connectivity index is 2.06. The molecule has 0 aromatic heterocycles. The van der Waals surface area contributed by atoms with Gasteiger partial charge in [0.05, 0.1) is 0 Å². The van der Waals surface area contributed by atoms with E-state index >= 15 is 0 Å². The fourth-order valence-electron chi connectivity index (χ4n) is 3.01. The van der Waals surface area contributed by atoms with E-state index in [2.05, 4.69) is 11.9 Å². The van der Waals surface area contributed by atoms with Crippen molar-refractivity contribution >= 4 is 5.84 Å². The molecule has 1 aromatic rings. The first-order valence-electron chi connectivity index (χ1n) is 7.40. The lowest BCUT2D eigenvalue weighted by atomic mass is 10.1. The molecule has 0 amide bonds. The largest absolute Gasteiger partial charge is 0.384 e. The van der Waals surface area contributed by atoms with Crippen molar-refractivity contribution in [3.8, 4) is 0 Å². The van der Waals surface area contributed by atoms with Crippen LogP contribution in [0.4, 0.5) is 4.39 Å². The normalized spacial score (nSPS) is 17.1. The summed E-state index contributed by atoms with van der Waals surface area (Å²) in [6.07, 6.45) is 7.70. The highest BCUT2D eigenvalue weighted by atomic mass is 19.1. The van der Waals surface area contributed by atoms with Gasteiger partial charge in [-0.05, 0) is 43.7 Å². The van der Waals surface area contributed by atoms with Gasteiger partial charge in [0.25, 0.3) is 0 Å². The Kier molecular flexibility index (Phi) is 5.12. The molecule has 1 aromatic carbocycles. The van der Waals surface area contributed by atoms with Gasteiger partial charge in [-0.1, -0.05) is 25.7 Å². The molecular formula is C16H24FN3. The van der Waals surface area contributed by atoms with E-state index in [9.17, 15) is 4.39 Å². The highest BCUT2D eigenvalue weighted by Gasteiger charge is 2.17. The van der Waals surface area contributed by atoms with E-state index in [4.69, 9.17) is 11.1 Å². The third-order valence-electron chi connectivity index (χ3n) is 4.15. The van der Waals surface area contributed by atoms with Crippen molar-refractivity contribution in [2.24, 2.45) is 5.73 Å². The lowest BCUT2D eigenvalue weighted by molar-refractivity contribution is 0.213. The van der Waals surface area contributed by atoms with Crippen LogP contribution in [0.1, 0.15) is 49.7 Å². The molecule has 0 atom stereocenters. The van der Waals surface area contributed by atoms with Crippen LogP contribution in [-0.4, -0.2) is 23.8 Å². The van der Waals surface area contributed by atoms with Crippen molar-refractivity contribution in [1.29, 1.82) is 5.41 Å². The highest BCUT2D eigenvalue weighted by Crippen LogP contribution is 2.22. The number of nitrogens with one attached hydrogen (secondary N) is 1. The van der Waals surface area contributed by atoms with Crippen molar-refractivity contribution in [1.82, 2.24) is 4.90 Å². The molecule has 0 bridgehead atoms. The molecule has 0 aliphatic heterocycles. The second kappa shape index (κ2) is 6.84. The van der Waals surface area contributed by atoms with Gasteiger partial charge in [-0.3, -0.25) is 10.3 Å². The van der Waals surface area contributed by atoms with Crippen LogP contribution < -0.4 is 5.73 Å². The third-order valence-corrected chi connectivity index (χ3v) is 4.15. The second-order valence-electron chi connectivity index (χ2n) is 5.82. The van der Waals surface area contributed by atoms with Crippen LogP contribution in [0.25, 0.3) is 0 Å². The van der Waals surface area contributed by atoms with E-state index in [0.717, 1.165) is 5.56 Å². The summed E-state index contributed by atoms with van der Waals surface area (Å²) in [6.45, 7) is 0.711. The summed E-state index contributed by atoms with van der Waals surface area (Å²) in [5, 5.41) is 7.43. The van der Waals surface area contributed by atoms with Gasteiger partial charge in [0, 0.05) is 18.2 Å². The summed E-state index contributed by atoms with van der Waals surface area (Å²) in [5.74, 6) is -0.398. The Labute approximate surface area is 120 Å². The Morgan fingerprint density at radius 2 is 1.90 bits per heavy atom. The molecular weight excluding hydrogens is 253 g/mol. The molecule has 2 rings (SSSR count). The zero-order valence-corrected chi connectivity index (χ0v) is 12.2. The number of benzene rings is 1. The van der Waals surface area contributed by atoms with Gasteiger partial charge in [-0.25, -0.2) is 4.39 Å². The van der Waals surface area contributed by atoms with Gasteiger partial charge < -0.3 is 5.73 Å². The van der Waals surface area contributed by atoms with Crippen LogP contribution in [0, 0.1) is 11.2 Å². The van der Waals surface area contributed by atoms with Crippen molar-refractivity contribution in [3.05, 3.63) is 35.1 Å². The van der Waals surface area contributed by atoms with Crippen LogP contribution >= 0.6 is 0 Å². The molecule has 1 aliphatic carbocycles. The number of nitrogens with two attached hydrogens (primary N) is 1. The Bertz CT molecular complexity index is 465. The summed E-state index contributed by atoms with van der Waals surface area (Å²) in [5.41, 5.74) is 6.81. The molecule has 3 nitrogen and oxygen atoms in total. The predicted octanol–water partition coefficient (Wildman–Crippen LogP) is 3.26. The van der Waals surface area contributed by atoms with Gasteiger partial charge in [-0.15, -0.1) is 0 Å². The summed E-state index contributed by atoms with van der Waals surface area (Å²) in [7, 11) is 2.11. The Morgan fingerprint density at radius 1 is 1.25 bits per heavy atom. The van der Waals surface area contributed by atoms with Crippen LogP contribution in [-0.2, 0) is 6.54 Å². The standard InChI is InChI=1S/C16H24FN3/c1-20(15-6-4-2-3-5-7-15)11-12-8-13(16(18)19)10-14(17)9-12/h8-10,15H,2-7,11H2,1H3,(H3,18,19). The second-order valence-corrected chi connectivity index (χ2v) is 5.82. The quantitative estimate of drug-likeness (QED) is 0.504. The van der Waals surface area contributed by atoms with Crippen molar-refractivity contribution in [3.63, 3.8) is 0 Å². The van der Waals surface area contributed by atoms with E-state index in [0.29, 0.717) is 18.2 Å². The smallest absolute Gasteiger partial charge is 0.124 e. The van der Waals surface area contributed by atoms with Crippen molar-refractivity contribution in [2.75, 3.05) is 7.05 Å². The zero-order valence-electron chi connectivity index (χ0n) is 12.2. The van der Waals surface area contributed by atoms with Gasteiger partial charge in [0.2, 0.25) is 0 Å². The van der Waals surface area contributed by atoms with E-state index in [1.807, 2.05) is 6.07 Å². The maximum absolute atomic E-state index is 13.6. The number of nitrogen functional groups attached to an aromatic ring is 1. The minimum atomic E-state index is -0.318. The molecule has 1 fully saturated rings. The first kappa shape index (κ1) is 15.0. The third kappa shape index (κ3) is 4.04. The first-order chi connectivity index (χ1) is 9.56. The minimum Gasteiger partial charge on any atom is -0.384 e. The van der Waals surface area contributed by atoms with Gasteiger partial charge in [0.1, 0.15) is 11.7 Å². The van der Waals surface area contributed by atoms with Gasteiger partial charge >= 0.3 is 0 Å². The van der Waals surface area contributed by atoms with Crippen LogP contribution in [0.15, 0.2) is 18.2 Å². The van der Waals surface area contributed by atoms with E-state index in [1.54, 1.807) is 6.07 Å². The zero-order chi connectivity index (χ0) is 14.5. The molecule has 3 N–H and O–H groups in total. The molecule has 0 radical (unpaired) electrons. The maximum atomic E-state index is 13.6. The fourth-order valence-corrected chi connectivity index (χ4v) is 3.01. The molecule has 4 heteroatoms. The van der Waals surface area contributed by atoms with Crippen LogP contribution in [0.2, 0.25) is 0 Å². The number of rotatable bonds is 4. The molecule has 0 heterocycles. The molecule has 1 saturated carbocycles. The number of halogens is 1. The number of amidine groups is 1. The SMILES string of the molecule is CN(Cc1cc(F)cc(C(=N)N)c1)C1CCCCCC1. The summed E-state index contributed by atoms with van der Waals surface area (Å²) >= 11 is 0.